The lowest BCUT2D eigenvalue weighted by Crippen LogP contribution is -2.16. The first kappa shape index (κ1) is 16.5. The average Bonchev–Trinajstić information content (AvgIpc) is 3.22. The van der Waals surface area contributed by atoms with Crippen molar-refractivity contribution >= 4 is 21.9 Å². The molecule has 3 aromatic heterocycles. The Morgan fingerprint density at radius 2 is 1.59 bits per heavy atom. The number of hydrogen-bond donors (Lipinski definition) is 0. The molecule has 0 N–H and O–H groups in total. The zero-order valence-electron chi connectivity index (χ0n) is 16.7. The van der Waals surface area contributed by atoms with Crippen LogP contribution in [0.4, 0.5) is 0 Å². The van der Waals surface area contributed by atoms with Gasteiger partial charge in [0, 0.05) is 39.7 Å². The van der Waals surface area contributed by atoms with E-state index in [1.165, 1.54) is 11.1 Å². The predicted octanol–water partition coefficient (Wildman–Crippen LogP) is 6.66. The van der Waals surface area contributed by atoms with Gasteiger partial charge in [-0.05, 0) is 35.7 Å². The summed E-state index contributed by atoms with van der Waals surface area (Å²) in [5.41, 5.74) is 9.54. The SMILES string of the molecule is Cc1ccc2c(oc3c4c(ncc32)C(C)(C)c2ccccc2-4)c1-c1ccccn1. The predicted molar refractivity (Wildman–Crippen MR) is 117 cm³/mol. The molecule has 0 fully saturated rings. The molecule has 3 heterocycles. The molecule has 0 saturated heterocycles. The van der Waals surface area contributed by atoms with Crippen LogP contribution in [-0.4, -0.2) is 9.97 Å². The van der Waals surface area contributed by atoms with Crippen molar-refractivity contribution in [2.75, 3.05) is 0 Å². The monoisotopic (exact) mass is 376 g/mol. The average molecular weight is 376 g/mol. The summed E-state index contributed by atoms with van der Waals surface area (Å²) in [7, 11) is 0. The Labute approximate surface area is 169 Å². The highest BCUT2D eigenvalue weighted by Crippen LogP contribution is 2.51. The summed E-state index contributed by atoms with van der Waals surface area (Å²) in [6.45, 7) is 6.59. The van der Waals surface area contributed by atoms with Crippen LogP contribution in [0.1, 0.15) is 30.7 Å². The zero-order chi connectivity index (χ0) is 19.8. The van der Waals surface area contributed by atoms with Crippen molar-refractivity contribution in [3.8, 4) is 22.4 Å². The van der Waals surface area contributed by atoms with Gasteiger partial charge in [-0.25, -0.2) is 0 Å². The van der Waals surface area contributed by atoms with E-state index in [1.54, 1.807) is 0 Å². The van der Waals surface area contributed by atoms with E-state index in [4.69, 9.17) is 9.40 Å². The molecule has 0 radical (unpaired) electrons. The number of rotatable bonds is 1. The minimum Gasteiger partial charge on any atom is -0.455 e. The van der Waals surface area contributed by atoms with Gasteiger partial charge in [-0.15, -0.1) is 0 Å². The fourth-order valence-electron chi connectivity index (χ4n) is 4.82. The summed E-state index contributed by atoms with van der Waals surface area (Å²) in [4.78, 5) is 9.51. The van der Waals surface area contributed by atoms with Crippen LogP contribution >= 0.6 is 0 Å². The first-order valence-corrected chi connectivity index (χ1v) is 9.94. The molecule has 6 rings (SSSR count). The Hall–Kier alpha value is -3.46. The summed E-state index contributed by atoms with van der Waals surface area (Å²) in [5.74, 6) is 0. The highest BCUT2D eigenvalue weighted by atomic mass is 16.3. The van der Waals surface area contributed by atoms with E-state index in [1.807, 2.05) is 30.6 Å². The molecule has 3 heteroatoms. The number of benzene rings is 2. The number of furan rings is 1. The van der Waals surface area contributed by atoms with Crippen LogP contribution in [0.2, 0.25) is 0 Å². The maximum absolute atomic E-state index is 6.63. The summed E-state index contributed by atoms with van der Waals surface area (Å²) in [5, 5.41) is 2.15. The van der Waals surface area contributed by atoms with Crippen LogP contribution < -0.4 is 0 Å². The molecule has 0 bridgehead atoms. The molecular weight excluding hydrogens is 356 g/mol. The molecule has 0 atom stereocenters. The lowest BCUT2D eigenvalue weighted by atomic mass is 9.85. The van der Waals surface area contributed by atoms with Crippen LogP contribution in [0.5, 0.6) is 0 Å². The number of aromatic nitrogens is 2. The standard InChI is InChI=1S/C26H20N2O/c1-15-11-12-16-18-14-28-25-22(17-8-4-5-9-19(17)26(25,2)3)24(18)29-23(16)21(15)20-10-6-7-13-27-20/h4-14H,1-3H3. The van der Waals surface area contributed by atoms with Crippen molar-refractivity contribution in [3.05, 3.63) is 83.8 Å². The molecule has 29 heavy (non-hydrogen) atoms. The number of pyridine rings is 2. The van der Waals surface area contributed by atoms with E-state index in [0.717, 1.165) is 50.0 Å². The van der Waals surface area contributed by atoms with E-state index in [9.17, 15) is 0 Å². The summed E-state index contributed by atoms with van der Waals surface area (Å²) in [6, 6.07) is 18.9. The van der Waals surface area contributed by atoms with Gasteiger partial charge in [0.05, 0.1) is 11.4 Å². The largest absolute Gasteiger partial charge is 0.455 e. The van der Waals surface area contributed by atoms with E-state index in [2.05, 4.69) is 62.2 Å². The van der Waals surface area contributed by atoms with Crippen molar-refractivity contribution in [1.82, 2.24) is 9.97 Å². The molecular formula is C26H20N2O. The molecule has 1 aliphatic carbocycles. The van der Waals surface area contributed by atoms with Crippen LogP contribution in [0.3, 0.4) is 0 Å². The number of hydrogen-bond acceptors (Lipinski definition) is 3. The lowest BCUT2D eigenvalue weighted by Gasteiger charge is -2.19. The Bertz CT molecular complexity index is 1430. The van der Waals surface area contributed by atoms with Gasteiger partial charge in [-0.1, -0.05) is 56.3 Å². The minimum atomic E-state index is -0.140. The molecule has 3 nitrogen and oxygen atoms in total. The second-order valence-corrected chi connectivity index (χ2v) is 8.35. The topological polar surface area (TPSA) is 38.9 Å². The van der Waals surface area contributed by atoms with Gasteiger partial charge in [-0.3, -0.25) is 9.97 Å². The first-order chi connectivity index (χ1) is 14.1. The van der Waals surface area contributed by atoms with E-state index in [-0.39, 0.29) is 5.41 Å². The molecule has 1 aliphatic rings. The van der Waals surface area contributed by atoms with Gasteiger partial charge >= 0.3 is 0 Å². The normalized spacial score (nSPS) is 14.3. The molecule has 0 amide bonds. The Morgan fingerprint density at radius 3 is 2.41 bits per heavy atom. The summed E-state index contributed by atoms with van der Waals surface area (Å²) < 4.78 is 6.63. The summed E-state index contributed by atoms with van der Waals surface area (Å²) in [6.07, 6.45) is 3.81. The maximum Gasteiger partial charge on any atom is 0.146 e. The Kier molecular flexibility index (Phi) is 3.15. The van der Waals surface area contributed by atoms with Gasteiger partial charge in [0.15, 0.2) is 0 Å². The third-order valence-corrected chi connectivity index (χ3v) is 6.27. The zero-order valence-corrected chi connectivity index (χ0v) is 16.7. The van der Waals surface area contributed by atoms with Crippen LogP contribution in [0.15, 0.2) is 71.4 Å². The van der Waals surface area contributed by atoms with Crippen molar-refractivity contribution in [2.45, 2.75) is 26.2 Å². The van der Waals surface area contributed by atoms with Crippen LogP contribution in [-0.2, 0) is 5.41 Å². The third kappa shape index (κ3) is 2.07. The first-order valence-electron chi connectivity index (χ1n) is 9.94. The second kappa shape index (κ2) is 5.54. The second-order valence-electron chi connectivity index (χ2n) is 8.35. The van der Waals surface area contributed by atoms with E-state index >= 15 is 0 Å². The number of fused-ring (bicyclic) bond motifs is 7. The highest BCUT2D eigenvalue weighted by molar-refractivity contribution is 6.14. The van der Waals surface area contributed by atoms with Gasteiger partial charge in [-0.2, -0.15) is 0 Å². The van der Waals surface area contributed by atoms with Crippen molar-refractivity contribution < 1.29 is 4.42 Å². The van der Waals surface area contributed by atoms with Crippen molar-refractivity contribution in [1.29, 1.82) is 0 Å². The molecule has 0 spiro atoms. The number of nitrogens with zero attached hydrogens (tertiary/aromatic N) is 2. The minimum absolute atomic E-state index is 0.140. The molecule has 0 aliphatic heterocycles. The smallest absolute Gasteiger partial charge is 0.146 e. The lowest BCUT2D eigenvalue weighted by molar-refractivity contribution is 0.633. The van der Waals surface area contributed by atoms with E-state index in [0.29, 0.717) is 0 Å². The molecule has 5 aromatic rings. The summed E-state index contributed by atoms with van der Waals surface area (Å²) >= 11 is 0. The van der Waals surface area contributed by atoms with Gasteiger partial charge in [0.1, 0.15) is 11.2 Å². The molecule has 0 saturated carbocycles. The Balaban J connectivity index is 1.77. The maximum atomic E-state index is 6.63. The Morgan fingerprint density at radius 1 is 0.793 bits per heavy atom. The van der Waals surface area contributed by atoms with Crippen LogP contribution in [0, 0.1) is 6.92 Å². The molecule has 0 unspecified atom stereocenters. The van der Waals surface area contributed by atoms with E-state index < -0.39 is 0 Å². The molecule has 2 aromatic carbocycles. The fraction of sp³-hybridized carbons (Fsp3) is 0.154. The van der Waals surface area contributed by atoms with Gasteiger partial charge in [0.25, 0.3) is 0 Å². The quantitative estimate of drug-likeness (QED) is 0.328. The number of aryl methyl sites for hydroxylation is 1. The van der Waals surface area contributed by atoms with Crippen molar-refractivity contribution in [3.63, 3.8) is 0 Å². The highest BCUT2D eigenvalue weighted by Gasteiger charge is 2.39. The van der Waals surface area contributed by atoms with Crippen molar-refractivity contribution in [2.24, 2.45) is 0 Å². The van der Waals surface area contributed by atoms with Gasteiger partial charge < -0.3 is 4.42 Å². The fourth-order valence-corrected chi connectivity index (χ4v) is 4.82. The molecule has 140 valence electrons. The van der Waals surface area contributed by atoms with Gasteiger partial charge in [0.2, 0.25) is 0 Å². The third-order valence-electron chi connectivity index (χ3n) is 6.27. The van der Waals surface area contributed by atoms with Crippen LogP contribution in [0.25, 0.3) is 44.3 Å².